The minimum Gasteiger partial charge on any atom is -0.278 e. The van der Waals surface area contributed by atoms with Gasteiger partial charge in [-0.15, -0.1) is 11.3 Å². The lowest BCUT2D eigenvalue weighted by molar-refractivity contribution is 0.600. The lowest BCUT2D eigenvalue weighted by Gasteiger charge is -2.11. The lowest BCUT2D eigenvalue weighted by atomic mass is 10.0. The molecule has 0 atom stereocenters. The average molecular weight is 436 g/mol. The lowest BCUT2D eigenvalue weighted by Crippen LogP contribution is -2.12. The number of fused-ring (bicyclic) bond motifs is 1. The van der Waals surface area contributed by atoms with Crippen LogP contribution >= 0.6 is 34.5 Å². The first kappa shape index (κ1) is 18.2. The SMILES string of the molecule is O=S(=O)(Nc1ccc(Cl)c(-c2nccc3ccccc23)c1)c1nc(Cl)cs1. The Labute approximate surface area is 169 Å². The zero-order valence-electron chi connectivity index (χ0n) is 13.6. The third-order valence-electron chi connectivity index (χ3n) is 3.83. The number of anilines is 1. The highest BCUT2D eigenvalue weighted by molar-refractivity contribution is 7.94. The number of sulfonamides is 1. The van der Waals surface area contributed by atoms with Crippen LogP contribution in [0.25, 0.3) is 22.0 Å². The van der Waals surface area contributed by atoms with Gasteiger partial charge in [-0.1, -0.05) is 47.5 Å². The van der Waals surface area contributed by atoms with Gasteiger partial charge in [-0.2, -0.15) is 8.42 Å². The van der Waals surface area contributed by atoms with Gasteiger partial charge in [-0.25, -0.2) is 4.98 Å². The van der Waals surface area contributed by atoms with Crippen LogP contribution in [-0.4, -0.2) is 18.4 Å². The fraction of sp³-hybridized carbons (Fsp3) is 0. The molecule has 0 amide bonds. The van der Waals surface area contributed by atoms with Crippen LogP contribution in [-0.2, 0) is 10.0 Å². The standard InChI is InChI=1S/C18H11Cl2N3O2S2/c19-15-6-5-12(23-27(24,25)18-22-16(20)10-26-18)9-14(15)17-13-4-2-1-3-11(13)7-8-21-17/h1-10,23H. The van der Waals surface area contributed by atoms with Gasteiger partial charge in [0.25, 0.3) is 10.0 Å². The van der Waals surface area contributed by atoms with Gasteiger partial charge in [0.05, 0.1) is 10.7 Å². The van der Waals surface area contributed by atoms with Crippen molar-refractivity contribution in [3.63, 3.8) is 0 Å². The van der Waals surface area contributed by atoms with Crippen molar-refractivity contribution >= 4 is 61.0 Å². The van der Waals surface area contributed by atoms with Gasteiger partial charge in [0.2, 0.25) is 4.34 Å². The topological polar surface area (TPSA) is 72.0 Å². The van der Waals surface area contributed by atoms with Gasteiger partial charge in [0, 0.05) is 28.2 Å². The van der Waals surface area contributed by atoms with Crippen LogP contribution in [0.5, 0.6) is 0 Å². The van der Waals surface area contributed by atoms with E-state index in [0.717, 1.165) is 22.1 Å². The van der Waals surface area contributed by atoms with Gasteiger partial charge < -0.3 is 0 Å². The molecule has 0 aliphatic rings. The van der Waals surface area contributed by atoms with E-state index in [0.29, 0.717) is 22.0 Å². The van der Waals surface area contributed by atoms with E-state index < -0.39 is 10.0 Å². The highest BCUT2D eigenvalue weighted by atomic mass is 35.5. The summed E-state index contributed by atoms with van der Waals surface area (Å²) < 4.78 is 27.4. The van der Waals surface area contributed by atoms with E-state index in [-0.39, 0.29) is 9.49 Å². The Hall–Kier alpha value is -2.19. The summed E-state index contributed by atoms with van der Waals surface area (Å²) in [6.07, 6.45) is 1.70. The molecule has 136 valence electrons. The number of rotatable bonds is 4. The van der Waals surface area contributed by atoms with Crippen LogP contribution in [0.2, 0.25) is 10.2 Å². The zero-order chi connectivity index (χ0) is 19.0. The monoisotopic (exact) mass is 435 g/mol. The average Bonchev–Trinajstić information content (AvgIpc) is 3.10. The smallest absolute Gasteiger partial charge is 0.278 e. The maximum absolute atomic E-state index is 12.5. The van der Waals surface area contributed by atoms with E-state index in [2.05, 4.69) is 14.7 Å². The summed E-state index contributed by atoms with van der Waals surface area (Å²) in [5.41, 5.74) is 1.66. The van der Waals surface area contributed by atoms with Crippen LogP contribution in [0.4, 0.5) is 5.69 Å². The predicted octanol–water partition coefficient (Wildman–Crippen LogP) is 5.47. The number of halogens is 2. The number of hydrogen-bond donors (Lipinski definition) is 1. The number of nitrogens with one attached hydrogen (secondary N) is 1. The number of benzene rings is 2. The molecule has 1 N–H and O–H groups in total. The molecule has 4 rings (SSSR count). The van der Waals surface area contributed by atoms with E-state index in [4.69, 9.17) is 23.2 Å². The Morgan fingerprint density at radius 3 is 2.63 bits per heavy atom. The molecule has 5 nitrogen and oxygen atoms in total. The predicted molar refractivity (Wildman–Crippen MR) is 110 cm³/mol. The molecular weight excluding hydrogens is 425 g/mol. The van der Waals surface area contributed by atoms with E-state index in [1.54, 1.807) is 24.4 Å². The molecule has 0 spiro atoms. The summed E-state index contributed by atoms with van der Waals surface area (Å²) in [6, 6.07) is 14.6. The first-order chi connectivity index (χ1) is 12.9. The van der Waals surface area contributed by atoms with Gasteiger partial charge in [-0.05, 0) is 29.7 Å². The van der Waals surface area contributed by atoms with Gasteiger partial charge in [-0.3, -0.25) is 9.71 Å². The first-order valence-corrected chi connectivity index (χ1v) is 10.8. The maximum atomic E-state index is 12.5. The molecule has 4 aromatic rings. The molecule has 0 radical (unpaired) electrons. The minimum absolute atomic E-state index is 0.104. The van der Waals surface area contributed by atoms with Crippen molar-refractivity contribution < 1.29 is 8.42 Å². The number of aromatic nitrogens is 2. The second-order valence-electron chi connectivity index (χ2n) is 5.62. The van der Waals surface area contributed by atoms with E-state index in [1.807, 2.05) is 30.3 Å². The van der Waals surface area contributed by atoms with Crippen LogP contribution in [0, 0.1) is 0 Å². The number of hydrogen-bond acceptors (Lipinski definition) is 5. The van der Waals surface area contributed by atoms with Crippen LogP contribution in [0.15, 0.2) is 64.4 Å². The fourth-order valence-electron chi connectivity index (χ4n) is 2.67. The van der Waals surface area contributed by atoms with Gasteiger partial charge >= 0.3 is 0 Å². The largest absolute Gasteiger partial charge is 0.289 e. The second-order valence-corrected chi connectivity index (χ2v) is 9.13. The van der Waals surface area contributed by atoms with Gasteiger partial charge in [0.15, 0.2) is 0 Å². The highest BCUT2D eigenvalue weighted by Gasteiger charge is 2.19. The van der Waals surface area contributed by atoms with Crippen molar-refractivity contribution in [2.75, 3.05) is 4.72 Å². The molecule has 9 heteroatoms. The minimum atomic E-state index is -3.84. The second kappa shape index (κ2) is 7.09. The fourth-order valence-corrected chi connectivity index (χ4v) is 5.11. The van der Waals surface area contributed by atoms with E-state index in [9.17, 15) is 8.42 Å². The summed E-state index contributed by atoms with van der Waals surface area (Å²) in [5, 5.41) is 4.01. The molecule has 2 aromatic carbocycles. The summed E-state index contributed by atoms with van der Waals surface area (Å²) in [5.74, 6) is 0. The van der Waals surface area contributed by atoms with Crippen molar-refractivity contribution in [2.24, 2.45) is 0 Å². The van der Waals surface area contributed by atoms with Crippen molar-refractivity contribution in [1.29, 1.82) is 0 Å². The normalized spacial score (nSPS) is 11.6. The Balaban J connectivity index is 1.78. The molecule has 2 heterocycles. The number of nitrogens with zero attached hydrogens (tertiary/aromatic N) is 2. The molecule has 0 fully saturated rings. The zero-order valence-corrected chi connectivity index (χ0v) is 16.7. The van der Waals surface area contributed by atoms with Crippen LogP contribution in [0.1, 0.15) is 0 Å². The molecule has 0 bridgehead atoms. The van der Waals surface area contributed by atoms with Crippen molar-refractivity contribution in [2.45, 2.75) is 4.34 Å². The summed E-state index contributed by atoms with van der Waals surface area (Å²) in [4.78, 5) is 8.26. The molecule has 0 aliphatic carbocycles. The third kappa shape index (κ3) is 3.64. The quantitative estimate of drug-likeness (QED) is 0.461. The summed E-state index contributed by atoms with van der Waals surface area (Å²) in [6.45, 7) is 0. The van der Waals surface area contributed by atoms with Crippen molar-refractivity contribution in [3.05, 3.63) is 70.3 Å². The molecular formula is C18H11Cl2N3O2S2. The molecule has 0 saturated carbocycles. The Bertz CT molecular complexity index is 1250. The Kier molecular flexibility index (Phi) is 4.77. The Morgan fingerprint density at radius 2 is 1.85 bits per heavy atom. The summed E-state index contributed by atoms with van der Waals surface area (Å²) in [7, 11) is -3.84. The van der Waals surface area contributed by atoms with Crippen molar-refractivity contribution in [3.8, 4) is 11.3 Å². The molecule has 2 aromatic heterocycles. The van der Waals surface area contributed by atoms with Gasteiger partial charge in [0.1, 0.15) is 5.15 Å². The van der Waals surface area contributed by atoms with Crippen LogP contribution in [0.3, 0.4) is 0 Å². The maximum Gasteiger partial charge on any atom is 0.289 e. The van der Waals surface area contributed by atoms with E-state index >= 15 is 0 Å². The Morgan fingerprint density at radius 1 is 1.04 bits per heavy atom. The molecule has 0 aliphatic heterocycles. The highest BCUT2D eigenvalue weighted by Crippen LogP contribution is 2.34. The van der Waals surface area contributed by atoms with Crippen molar-refractivity contribution in [1.82, 2.24) is 9.97 Å². The summed E-state index contributed by atoms with van der Waals surface area (Å²) >= 11 is 13.1. The molecule has 0 unspecified atom stereocenters. The number of pyridine rings is 1. The number of thiazole rings is 1. The molecule has 0 saturated heterocycles. The third-order valence-corrected chi connectivity index (χ3v) is 7.12. The van der Waals surface area contributed by atoms with E-state index in [1.165, 1.54) is 5.38 Å². The van der Waals surface area contributed by atoms with Crippen LogP contribution < -0.4 is 4.72 Å². The molecule has 27 heavy (non-hydrogen) atoms. The first-order valence-electron chi connectivity index (χ1n) is 7.71.